The van der Waals surface area contributed by atoms with E-state index in [1.165, 1.54) is 43.8 Å². The van der Waals surface area contributed by atoms with Gasteiger partial charge in [0.25, 0.3) is 0 Å². The van der Waals surface area contributed by atoms with Gasteiger partial charge in [0, 0.05) is 7.11 Å². The van der Waals surface area contributed by atoms with Crippen LogP contribution in [0.3, 0.4) is 0 Å². The summed E-state index contributed by atoms with van der Waals surface area (Å²) in [6.45, 7) is 2.90. The van der Waals surface area contributed by atoms with Gasteiger partial charge >= 0.3 is 0 Å². The van der Waals surface area contributed by atoms with Crippen LogP contribution in [0.5, 0.6) is 0 Å². The van der Waals surface area contributed by atoms with Crippen LogP contribution in [0.15, 0.2) is 72.8 Å². The topological polar surface area (TPSA) is 9.23 Å². The number of hydrogen-bond acceptors (Lipinski definition) is 1. The quantitative estimate of drug-likeness (QED) is 0.365. The summed E-state index contributed by atoms with van der Waals surface area (Å²) in [6, 6.07) is 26.4. The number of benzene rings is 4. The summed E-state index contributed by atoms with van der Waals surface area (Å²) in [7, 11) is 2.67. The first-order valence-electron chi connectivity index (χ1n) is 8.98. The van der Waals surface area contributed by atoms with Crippen LogP contribution in [0, 0.1) is 0 Å². The molecule has 0 radical (unpaired) electrons. The van der Waals surface area contributed by atoms with Gasteiger partial charge in [0.15, 0.2) is 0 Å². The van der Waals surface area contributed by atoms with Crippen molar-refractivity contribution in [3.05, 3.63) is 83.9 Å². The van der Waals surface area contributed by atoms with E-state index in [-0.39, 0.29) is 0 Å². The molecule has 26 heavy (non-hydrogen) atoms. The second-order valence-electron chi connectivity index (χ2n) is 6.60. The van der Waals surface area contributed by atoms with E-state index in [1.807, 2.05) is 0 Å². The molecule has 1 atom stereocenters. The second-order valence-corrected chi connectivity index (χ2v) is 7.67. The second kappa shape index (κ2) is 7.58. The smallest absolute Gasteiger partial charge is 0.0719 e. The summed E-state index contributed by atoms with van der Waals surface area (Å²) in [4.78, 5) is 0. The molecule has 0 heterocycles. The first-order chi connectivity index (χ1) is 12.8. The first-order valence-corrected chi connectivity index (χ1v) is 10.7. The average Bonchev–Trinajstić information content (AvgIpc) is 2.69. The van der Waals surface area contributed by atoms with Crippen molar-refractivity contribution in [1.82, 2.24) is 0 Å². The van der Waals surface area contributed by atoms with Crippen molar-refractivity contribution in [2.24, 2.45) is 0 Å². The van der Waals surface area contributed by atoms with Crippen molar-refractivity contribution in [1.29, 1.82) is 0 Å². The number of ether oxygens (including phenoxy) is 1. The lowest BCUT2D eigenvalue weighted by Gasteiger charge is -2.19. The first kappa shape index (κ1) is 17.2. The Morgan fingerprint density at radius 1 is 0.692 bits per heavy atom. The minimum atomic E-state index is 0.622. The molecule has 0 saturated carbocycles. The van der Waals surface area contributed by atoms with E-state index >= 15 is 0 Å². The van der Waals surface area contributed by atoms with E-state index in [0.29, 0.717) is 6.61 Å². The number of fused-ring (bicyclic) bond motifs is 2. The number of hydrogen-bond donors (Lipinski definition) is 0. The predicted octanol–water partition coefficient (Wildman–Crippen LogP) is 6.61. The molecule has 0 fully saturated rings. The minimum absolute atomic E-state index is 0.622. The Kier molecular flexibility index (Phi) is 5.02. The lowest BCUT2D eigenvalue weighted by Crippen LogP contribution is -1.97. The lowest BCUT2D eigenvalue weighted by molar-refractivity contribution is 0.185. The average molecular weight is 358 g/mol. The van der Waals surface area contributed by atoms with Gasteiger partial charge in [-0.3, -0.25) is 0 Å². The standard InChI is InChI=1S/C24H23OP/c1-25-15-19-13-11-17-7-3-5-9-21(17)23(19)24-20(16-26-2)14-12-18-8-4-6-10-22(18)24/h3-14,26H,15-16H2,1-2H3. The molecule has 0 amide bonds. The maximum Gasteiger partial charge on any atom is 0.0719 e. The van der Waals surface area contributed by atoms with Gasteiger partial charge in [0.1, 0.15) is 0 Å². The highest BCUT2D eigenvalue weighted by molar-refractivity contribution is 7.36. The fraction of sp³-hybridized carbons (Fsp3) is 0.167. The summed E-state index contributed by atoms with van der Waals surface area (Å²) in [5.74, 6) is 0. The fourth-order valence-corrected chi connectivity index (χ4v) is 4.51. The van der Waals surface area contributed by atoms with Crippen LogP contribution in [-0.2, 0) is 17.5 Å². The highest BCUT2D eigenvalue weighted by Crippen LogP contribution is 2.40. The maximum absolute atomic E-state index is 5.55. The van der Waals surface area contributed by atoms with Gasteiger partial charge in [0.2, 0.25) is 0 Å². The largest absolute Gasteiger partial charge is 0.380 e. The van der Waals surface area contributed by atoms with Crippen LogP contribution < -0.4 is 0 Å². The SMILES string of the molecule is COCc1ccc2ccccc2c1-c1c(CPC)ccc2ccccc12. The molecule has 1 nitrogen and oxygen atoms in total. The van der Waals surface area contributed by atoms with Crippen LogP contribution in [0.25, 0.3) is 32.7 Å². The fourth-order valence-electron chi connectivity index (χ4n) is 3.84. The molecule has 0 aromatic heterocycles. The molecule has 2 heteroatoms. The molecule has 0 saturated heterocycles. The molecule has 4 aromatic carbocycles. The van der Waals surface area contributed by atoms with E-state index in [0.717, 1.165) is 14.7 Å². The zero-order valence-corrected chi connectivity index (χ0v) is 16.3. The van der Waals surface area contributed by atoms with Gasteiger partial charge < -0.3 is 4.74 Å². The molecular formula is C24H23OP. The molecular weight excluding hydrogens is 335 g/mol. The lowest BCUT2D eigenvalue weighted by atomic mass is 9.87. The molecule has 0 bridgehead atoms. The van der Waals surface area contributed by atoms with Crippen LogP contribution >= 0.6 is 8.58 Å². The summed E-state index contributed by atoms with van der Waals surface area (Å²) < 4.78 is 5.55. The Morgan fingerprint density at radius 3 is 1.81 bits per heavy atom. The van der Waals surface area contributed by atoms with Crippen molar-refractivity contribution in [3.63, 3.8) is 0 Å². The molecule has 0 spiro atoms. The summed E-state index contributed by atoms with van der Waals surface area (Å²) in [5.41, 5.74) is 5.39. The maximum atomic E-state index is 5.55. The Morgan fingerprint density at radius 2 is 1.23 bits per heavy atom. The molecule has 4 rings (SSSR count). The van der Waals surface area contributed by atoms with Crippen molar-refractivity contribution in [3.8, 4) is 11.1 Å². The van der Waals surface area contributed by atoms with Crippen LogP contribution in [0.2, 0.25) is 0 Å². The Balaban J connectivity index is 2.15. The normalized spacial score (nSPS) is 11.8. The van der Waals surface area contributed by atoms with E-state index in [4.69, 9.17) is 4.74 Å². The van der Waals surface area contributed by atoms with E-state index in [9.17, 15) is 0 Å². The Bertz CT molecular complexity index is 981. The third-order valence-corrected chi connectivity index (χ3v) is 5.68. The zero-order valence-electron chi connectivity index (χ0n) is 15.3. The van der Waals surface area contributed by atoms with Crippen LogP contribution in [0.4, 0.5) is 0 Å². The van der Waals surface area contributed by atoms with E-state index in [2.05, 4.69) is 79.5 Å². The summed E-state index contributed by atoms with van der Waals surface area (Å²) in [6.07, 6.45) is 1.11. The third kappa shape index (κ3) is 3.03. The van der Waals surface area contributed by atoms with Crippen molar-refractivity contribution < 1.29 is 4.74 Å². The highest BCUT2D eigenvalue weighted by atomic mass is 31.1. The summed E-state index contributed by atoms with van der Waals surface area (Å²) >= 11 is 0. The van der Waals surface area contributed by atoms with Gasteiger partial charge in [-0.05, 0) is 56.6 Å². The Labute approximate surface area is 156 Å². The van der Waals surface area contributed by atoms with E-state index < -0.39 is 0 Å². The molecule has 4 aromatic rings. The molecule has 0 aliphatic rings. The molecule has 130 valence electrons. The molecule has 0 aliphatic carbocycles. The van der Waals surface area contributed by atoms with Gasteiger partial charge in [-0.1, -0.05) is 72.8 Å². The van der Waals surface area contributed by atoms with Gasteiger partial charge in [-0.2, -0.15) is 0 Å². The van der Waals surface area contributed by atoms with Crippen LogP contribution in [-0.4, -0.2) is 13.8 Å². The summed E-state index contributed by atoms with van der Waals surface area (Å²) in [5, 5.41) is 5.21. The number of rotatable bonds is 5. The van der Waals surface area contributed by atoms with Crippen molar-refractivity contribution >= 4 is 30.1 Å². The third-order valence-electron chi connectivity index (χ3n) is 4.95. The van der Waals surface area contributed by atoms with Crippen molar-refractivity contribution in [2.45, 2.75) is 12.8 Å². The van der Waals surface area contributed by atoms with Gasteiger partial charge in [-0.15, -0.1) is 8.58 Å². The predicted molar refractivity (Wildman–Crippen MR) is 116 cm³/mol. The van der Waals surface area contributed by atoms with Gasteiger partial charge in [0.05, 0.1) is 6.61 Å². The molecule has 0 N–H and O–H groups in total. The minimum Gasteiger partial charge on any atom is -0.380 e. The molecule has 1 unspecified atom stereocenters. The Hall–Kier alpha value is -2.21. The van der Waals surface area contributed by atoms with Crippen LogP contribution in [0.1, 0.15) is 11.1 Å². The zero-order chi connectivity index (χ0) is 17.9. The van der Waals surface area contributed by atoms with E-state index in [1.54, 1.807) is 7.11 Å². The monoisotopic (exact) mass is 358 g/mol. The van der Waals surface area contributed by atoms with Gasteiger partial charge in [-0.25, -0.2) is 0 Å². The highest BCUT2D eigenvalue weighted by Gasteiger charge is 2.16. The molecule has 0 aliphatic heterocycles. The van der Waals surface area contributed by atoms with Crippen molar-refractivity contribution in [2.75, 3.05) is 13.8 Å². The number of methoxy groups -OCH3 is 1.